The van der Waals surface area contributed by atoms with E-state index in [1.807, 2.05) is 61.5 Å². The summed E-state index contributed by atoms with van der Waals surface area (Å²) in [6.07, 6.45) is 1.76. The summed E-state index contributed by atoms with van der Waals surface area (Å²) in [6, 6.07) is 21.3. The summed E-state index contributed by atoms with van der Waals surface area (Å²) < 4.78 is 5.24. The smallest absolute Gasteiger partial charge is 0.323 e. The molecule has 9 nitrogen and oxygen atoms in total. The van der Waals surface area contributed by atoms with Gasteiger partial charge in [-0.05, 0) is 50.1 Å². The fourth-order valence-electron chi connectivity index (χ4n) is 4.94. The normalized spacial score (nSPS) is 16.1. The molecule has 1 saturated heterocycles. The van der Waals surface area contributed by atoms with Crippen LogP contribution < -0.4 is 0 Å². The average Bonchev–Trinajstić information content (AvgIpc) is 3.52. The Morgan fingerprint density at radius 2 is 1.92 bits per heavy atom. The van der Waals surface area contributed by atoms with Gasteiger partial charge in [-0.15, -0.1) is 0 Å². The van der Waals surface area contributed by atoms with E-state index in [1.165, 1.54) is 12.1 Å². The van der Waals surface area contributed by atoms with Gasteiger partial charge in [-0.25, -0.2) is 4.99 Å². The van der Waals surface area contributed by atoms with Crippen LogP contribution in [0.3, 0.4) is 0 Å². The van der Waals surface area contributed by atoms with E-state index >= 15 is 0 Å². The van der Waals surface area contributed by atoms with Crippen molar-refractivity contribution in [3.8, 4) is 5.88 Å². The highest BCUT2D eigenvalue weighted by atomic mass is 16.6. The van der Waals surface area contributed by atoms with Crippen LogP contribution in [0.2, 0.25) is 0 Å². The van der Waals surface area contributed by atoms with E-state index in [9.17, 15) is 20.0 Å². The number of esters is 1. The molecule has 2 N–H and O–H groups in total. The van der Waals surface area contributed by atoms with E-state index in [0.29, 0.717) is 41.0 Å². The van der Waals surface area contributed by atoms with Crippen LogP contribution in [0.15, 0.2) is 77.8 Å². The zero-order valence-corrected chi connectivity index (χ0v) is 21.0. The molecule has 1 aromatic heterocycles. The second kappa shape index (κ2) is 10.9. The number of benzene rings is 3. The third-order valence-electron chi connectivity index (χ3n) is 6.74. The molecule has 1 aliphatic rings. The first-order valence-electron chi connectivity index (χ1n) is 12.6. The summed E-state index contributed by atoms with van der Waals surface area (Å²) in [5.74, 6) is -0.281. The van der Waals surface area contributed by atoms with Gasteiger partial charge in [-0.2, -0.15) is 0 Å². The highest BCUT2D eigenvalue weighted by Crippen LogP contribution is 2.33. The van der Waals surface area contributed by atoms with Gasteiger partial charge >= 0.3 is 5.97 Å². The van der Waals surface area contributed by atoms with Gasteiger partial charge in [0, 0.05) is 35.1 Å². The largest absolute Gasteiger partial charge is 0.494 e. The van der Waals surface area contributed by atoms with Crippen molar-refractivity contribution in [2.45, 2.75) is 32.4 Å². The maximum absolute atomic E-state index is 12.3. The highest BCUT2D eigenvalue weighted by molar-refractivity contribution is 6.22. The number of likely N-dealkylation sites (tertiary alicyclic amines) is 1. The standard InChI is InChI=1S/C29H28N4O5/c1-2-38-29(35)25-9-6-16-32(25)18-19-10-12-21(13-11-19)30-27(20-7-4-3-5-8-20)26-23-17-22(33(36)37)14-15-24(23)31-28(26)34/h3-5,7-8,10-15,17,25,31,34H,2,6,9,16,18H2,1H3. The van der Waals surface area contributed by atoms with Crippen LogP contribution in [0.25, 0.3) is 10.9 Å². The lowest BCUT2D eigenvalue weighted by Gasteiger charge is -2.22. The number of nitro benzene ring substituents is 1. The lowest BCUT2D eigenvalue weighted by molar-refractivity contribution is -0.384. The zero-order valence-electron chi connectivity index (χ0n) is 21.0. The molecule has 1 unspecified atom stereocenters. The molecule has 0 aliphatic carbocycles. The molecule has 38 heavy (non-hydrogen) atoms. The van der Waals surface area contributed by atoms with Crippen LogP contribution in [0.1, 0.15) is 36.5 Å². The number of aromatic hydroxyl groups is 1. The van der Waals surface area contributed by atoms with E-state index in [1.54, 1.807) is 6.07 Å². The molecule has 9 heteroatoms. The number of aromatic nitrogens is 1. The van der Waals surface area contributed by atoms with Crippen molar-refractivity contribution in [3.63, 3.8) is 0 Å². The number of carbonyl (C=O) groups excluding carboxylic acids is 1. The number of aromatic amines is 1. The number of H-pyrrole nitrogens is 1. The molecule has 1 aliphatic heterocycles. The number of non-ortho nitro benzene ring substituents is 1. The Labute approximate surface area is 219 Å². The molecule has 0 spiro atoms. The number of nitrogens with one attached hydrogen (secondary N) is 1. The molecule has 5 rings (SSSR count). The lowest BCUT2D eigenvalue weighted by atomic mass is 10.0. The number of rotatable bonds is 8. The Bertz CT molecular complexity index is 1490. The predicted molar refractivity (Wildman–Crippen MR) is 145 cm³/mol. The minimum absolute atomic E-state index is 0.0717. The van der Waals surface area contributed by atoms with Crippen LogP contribution in [0.5, 0.6) is 5.88 Å². The van der Waals surface area contributed by atoms with Gasteiger partial charge in [-0.1, -0.05) is 42.5 Å². The zero-order chi connectivity index (χ0) is 26.6. The van der Waals surface area contributed by atoms with Gasteiger partial charge in [0.15, 0.2) is 5.88 Å². The second-order valence-corrected chi connectivity index (χ2v) is 9.21. The monoisotopic (exact) mass is 512 g/mol. The molecular weight excluding hydrogens is 484 g/mol. The van der Waals surface area contributed by atoms with E-state index in [-0.39, 0.29) is 23.6 Å². The number of hydrogen-bond donors (Lipinski definition) is 2. The molecular formula is C29H28N4O5. The molecule has 194 valence electrons. The molecule has 1 atom stereocenters. The number of fused-ring (bicyclic) bond motifs is 1. The van der Waals surface area contributed by atoms with Crippen LogP contribution >= 0.6 is 0 Å². The molecule has 3 aromatic carbocycles. The first kappa shape index (κ1) is 25.2. The van der Waals surface area contributed by atoms with Crippen molar-refractivity contribution >= 4 is 34.0 Å². The maximum Gasteiger partial charge on any atom is 0.323 e. The minimum Gasteiger partial charge on any atom is -0.494 e. The van der Waals surface area contributed by atoms with Crippen molar-refractivity contribution in [2.75, 3.05) is 13.2 Å². The number of carbonyl (C=O) groups is 1. The number of nitrogens with zero attached hydrogens (tertiary/aromatic N) is 3. The predicted octanol–water partition coefficient (Wildman–Crippen LogP) is 5.48. The highest BCUT2D eigenvalue weighted by Gasteiger charge is 2.31. The summed E-state index contributed by atoms with van der Waals surface area (Å²) in [7, 11) is 0. The SMILES string of the molecule is CCOC(=O)C1CCCN1Cc1ccc(N=C(c2ccccc2)c2c(O)[nH]c3ccc([N+](=O)[O-])cc23)cc1. The molecule has 0 bridgehead atoms. The van der Waals surface area contributed by atoms with Crippen molar-refractivity contribution in [3.05, 3.63) is 99.6 Å². The first-order valence-corrected chi connectivity index (χ1v) is 12.6. The van der Waals surface area contributed by atoms with Gasteiger partial charge in [0.25, 0.3) is 5.69 Å². The maximum atomic E-state index is 12.3. The van der Waals surface area contributed by atoms with Gasteiger partial charge < -0.3 is 14.8 Å². The van der Waals surface area contributed by atoms with Crippen molar-refractivity contribution in [2.24, 2.45) is 4.99 Å². The summed E-state index contributed by atoms with van der Waals surface area (Å²) in [5.41, 5.74) is 3.86. The third-order valence-corrected chi connectivity index (χ3v) is 6.74. The van der Waals surface area contributed by atoms with E-state index in [2.05, 4.69) is 9.88 Å². The topological polar surface area (TPSA) is 121 Å². The summed E-state index contributed by atoms with van der Waals surface area (Å²) in [4.78, 5) is 33.2. The Morgan fingerprint density at radius 3 is 2.63 bits per heavy atom. The number of aliphatic imine (C=N–C) groups is 1. The minimum atomic E-state index is -0.460. The van der Waals surface area contributed by atoms with E-state index in [0.717, 1.165) is 30.5 Å². The van der Waals surface area contributed by atoms with E-state index < -0.39 is 4.92 Å². The molecule has 1 fully saturated rings. The lowest BCUT2D eigenvalue weighted by Crippen LogP contribution is -2.36. The van der Waals surface area contributed by atoms with Gasteiger partial charge in [0.1, 0.15) is 6.04 Å². The number of nitro groups is 1. The number of ether oxygens (including phenoxy) is 1. The summed E-state index contributed by atoms with van der Waals surface area (Å²) in [6.45, 7) is 3.66. The quantitative estimate of drug-likeness (QED) is 0.140. The fourth-order valence-corrected chi connectivity index (χ4v) is 4.94. The van der Waals surface area contributed by atoms with Crippen LogP contribution in [0, 0.1) is 10.1 Å². The van der Waals surface area contributed by atoms with Crippen molar-refractivity contribution < 1.29 is 19.6 Å². The Morgan fingerprint density at radius 1 is 1.16 bits per heavy atom. The molecule has 4 aromatic rings. The van der Waals surface area contributed by atoms with Crippen molar-refractivity contribution in [1.82, 2.24) is 9.88 Å². The fraction of sp³-hybridized carbons (Fsp3) is 0.241. The molecule has 2 heterocycles. The molecule has 0 saturated carbocycles. The van der Waals surface area contributed by atoms with Gasteiger partial charge in [0.2, 0.25) is 0 Å². The number of hydrogen-bond acceptors (Lipinski definition) is 7. The van der Waals surface area contributed by atoms with E-state index in [4.69, 9.17) is 9.73 Å². The summed E-state index contributed by atoms with van der Waals surface area (Å²) >= 11 is 0. The van der Waals surface area contributed by atoms with Crippen LogP contribution in [-0.4, -0.2) is 50.8 Å². The van der Waals surface area contributed by atoms with Gasteiger partial charge in [-0.3, -0.25) is 19.8 Å². The third kappa shape index (κ3) is 5.14. The van der Waals surface area contributed by atoms with Crippen molar-refractivity contribution in [1.29, 1.82) is 0 Å². The first-order chi connectivity index (χ1) is 18.4. The molecule has 0 amide bonds. The average molecular weight is 513 g/mol. The Hall–Kier alpha value is -4.50. The van der Waals surface area contributed by atoms with Gasteiger partial charge in [0.05, 0.1) is 28.5 Å². The summed E-state index contributed by atoms with van der Waals surface area (Å²) in [5, 5.41) is 22.8. The van der Waals surface area contributed by atoms with Crippen LogP contribution in [-0.2, 0) is 16.1 Å². The van der Waals surface area contributed by atoms with Crippen LogP contribution in [0.4, 0.5) is 11.4 Å². The molecule has 0 radical (unpaired) electrons. The Kier molecular flexibility index (Phi) is 7.19. The Balaban J connectivity index is 1.49. The second-order valence-electron chi connectivity index (χ2n) is 9.21.